The Morgan fingerprint density at radius 3 is 2.80 bits per heavy atom. The first-order valence-corrected chi connectivity index (χ1v) is 13.7. The molecule has 1 amide bonds. The van der Waals surface area contributed by atoms with Crippen LogP contribution < -0.4 is 25.4 Å². The number of hydrogen-bond donors (Lipinski definition) is 1. The van der Waals surface area contributed by atoms with Crippen molar-refractivity contribution in [3.8, 4) is 17.6 Å². The van der Waals surface area contributed by atoms with Crippen molar-refractivity contribution in [2.24, 2.45) is 0 Å². The molecule has 206 valence electrons. The summed E-state index contributed by atoms with van der Waals surface area (Å²) in [6.45, 7) is 7.48. The summed E-state index contributed by atoms with van der Waals surface area (Å²) in [5.41, 5.74) is 4.23. The van der Waals surface area contributed by atoms with Crippen molar-refractivity contribution in [3.63, 3.8) is 0 Å². The van der Waals surface area contributed by atoms with Gasteiger partial charge in [-0.15, -0.1) is 5.92 Å². The van der Waals surface area contributed by atoms with E-state index < -0.39 is 0 Å². The Bertz CT molecular complexity index is 1780. The van der Waals surface area contributed by atoms with E-state index in [4.69, 9.17) is 9.72 Å². The number of para-hydroxylation sites is 1. The molecule has 9 heteroatoms. The minimum Gasteiger partial charge on any atom is -0.493 e. The van der Waals surface area contributed by atoms with E-state index in [0.29, 0.717) is 62.8 Å². The van der Waals surface area contributed by atoms with Crippen molar-refractivity contribution in [2.75, 3.05) is 34.8 Å². The first kappa shape index (κ1) is 26.1. The molecule has 4 heterocycles. The SMILES string of the molecule is C=CC(=O)N1CCN(c2cc3cnc4nc3n(c2=O)CCCC#CCCOc2cccc(c2)N4)c2cccc(C)c21. The van der Waals surface area contributed by atoms with E-state index >= 15 is 0 Å². The number of fused-ring (bicyclic) bond motifs is 4. The van der Waals surface area contributed by atoms with Crippen LogP contribution in [0.1, 0.15) is 24.8 Å². The molecule has 0 radical (unpaired) electrons. The van der Waals surface area contributed by atoms with Crippen molar-refractivity contribution in [2.45, 2.75) is 32.7 Å². The zero-order valence-corrected chi connectivity index (χ0v) is 22.9. The summed E-state index contributed by atoms with van der Waals surface area (Å²) in [6, 6.07) is 15.3. The number of rotatable bonds is 2. The topological polar surface area (TPSA) is 92.6 Å². The third kappa shape index (κ3) is 5.12. The van der Waals surface area contributed by atoms with Gasteiger partial charge in [0.1, 0.15) is 17.1 Å². The van der Waals surface area contributed by atoms with E-state index in [1.807, 2.05) is 60.4 Å². The van der Waals surface area contributed by atoms with Gasteiger partial charge < -0.3 is 19.9 Å². The molecule has 2 aliphatic rings. The summed E-state index contributed by atoms with van der Waals surface area (Å²) >= 11 is 0. The average molecular weight is 547 g/mol. The number of benzene rings is 2. The van der Waals surface area contributed by atoms with Crippen LogP contribution in [0.15, 0.2) is 72.2 Å². The lowest BCUT2D eigenvalue weighted by molar-refractivity contribution is -0.114. The van der Waals surface area contributed by atoms with Crippen LogP contribution in [0, 0.1) is 18.8 Å². The van der Waals surface area contributed by atoms with E-state index in [9.17, 15) is 9.59 Å². The highest BCUT2D eigenvalue weighted by atomic mass is 16.5. The highest BCUT2D eigenvalue weighted by Gasteiger charge is 2.30. The summed E-state index contributed by atoms with van der Waals surface area (Å²) in [4.78, 5) is 39.9. The molecule has 1 N–H and O–H groups in total. The lowest BCUT2D eigenvalue weighted by Gasteiger charge is -2.38. The molecule has 0 fully saturated rings. The average Bonchev–Trinajstić information content (AvgIpc) is 2.98. The maximum absolute atomic E-state index is 14.2. The number of carbonyl (C=O) groups excluding carboxylic acids is 1. The molecule has 0 unspecified atom stereocenters. The third-order valence-corrected chi connectivity index (χ3v) is 7.26. The fourth-order valence-corrected chi connectivity index (χ4v) is 5.35. The van der Waals surface area contributed by atoms with Crippen LogP contribution in [0.5, 0.6) is 5.75 Å². The van der Waals surface area contributed by atoms with Gasteiger partial charge in [0.15, 0.2) is 0 Å². The molecule has 4 aromatic rings. The molecule has 0 aliphatic carbocycles. The largest absolute Gasteiger partial charge is 0.493 e. The molecule has 9 nitrogen and oxygen atoms in total. The minimum absolute atomic E-state index is 0.150. The Morgan fingerprint density at radius 1 is 1.07 bits per heavy atom. The molecule has 4 bridgehead atoms. The van der Waals surface area contributed by atoms with Crippen molar-refractivity contribution in [1.29, 1.82) is 0 Å². The number of hydrogen-bond acceptors (Lipinski definition) is 7. The predicted molar refractivity (Wildman–Crippen MR) is 161 cm³/mol. The molecule has 6 rings (SSSR count). The Morgan fingerprint density at radius 2 is 1.93 bits per heavy atom. The number of nitrogens with one attached hydrogen (secondary N) is 1. The lowest BCUT2D eigenvalue weighted by Crippen LogP contribution is -2.44. The second kappa shape index (κ2) is 11.2. The van der Waals surface area contributed by atoms with E-state index in [1.165, 1.54) is 6.08 Å². The van der Waals surface area contributed by atoms with Crippen molar-refractivity contribution >= 4 is 45.6 Å². The fraction of sp³-hybridized carbons (Fsp3) is 0.250. The van der Waals surface area contributed by atoms with Gasteiger partial charge in [-0.2, -0.15) is 4.98 Å². The van der Waals surface area contributed by atoms with Crippen LogP contribution in [-0.2, 0) is 11.3 Å². The molecule has 0 saturated carbocycles. The Hall–Kier alpha value is -5.10. The monoisotopic (exact) mass is 546 g/mol. The molecule has 2 aromatic carbocycles. The summed E-state index contributed by atoms with van der Waals surface area (Å²) in [6.07, 6.45) is 5.02. The van der Waals surface area contributed by atoms with Crippen molar-refractivity contribution in [1.82, 2.24) is 14.5 Å². The summed E-state index contributed by atoms with van der Waals surface area (Å²) in [5, 5.41) is 3.99. The predicted octanol–water partition coefficient (Wildman–Crippen LogP) is 5.08. The zero-order chi connectivity index (χ0) is 28.3. The number of ether oxygens (including phenoxy) is 1. The highest BCUT2D eigenvalue weighted by Crippen LogP contribution is 2.39. The fourth-order valence-electron chi connectivity index (χ4n) is 5.35. The number of carbonyl (C=O) groups is 1. The first-order chi connectivity index (χ1) is 20.0. The van der Waals surface area contributed by atoms with Crippen LogP contribution in [-0.4, -0.2) is 40.1 Å². The van der Waals surface area contributed by atoms with Gasteiger partial charge in [0.2, 0.25) is 5.95 Å². The number of aromatic nitrogens is 3. The van der Waals surface area contributed by atoms with Crippen LogP contribution in [0.3, 0.4) is 0 Å². The van der Waals surface area contributed by atoms with Crippen LogP contribution in [0.4, 0.5) is 28.7 Å². The number of anilines is 5. The van der Waals surface area contributed by atoms with Gasteiger partial charge in [-0.1, -0.05) is 30.7 Å². The zero-order valence-electron chi connectivity index (χ0n) is 22.9. The maximum atomic E-state index is 14.2. The molecular weight excluding hydrogens is 516 g/mol. The summed E-state index contributed by atoms with van der Waals surface area (Å²) < 4.78 is 7.56. The standard InChI is InChI=1S/C32H30N6O3/c1-3-28(39)37-17-16-36(26-14-9-11-22(2)29(26)37)27-19-23-21-33-32-34-24-12-10-13-25(20-24)41-18-8-6-4-5-7-15-38(31(27)40)30(23)35-32/h3,9-14,19-21H,1,5,7-8,15-18H2,2H3,(H,33,34,35). The number of aryl methyl sites for hydroxylation is 2. The normalized spacial score (nSPS) is 14.9. The molecular formula is C32H30N6O3. The molecule has 0 spiro atoms. The van der Waals surface area contributed by atoms with Gasteiger partial charge in [-0.05, 0) is 49.2 Å². The third-order valence-electron chi connectivity index (χ3n) is 7.26. The molecule has 41 heavy (non-hydrogen) atoms. The van der Waals surface area contributed by atoms with Crippen LogP contribution in [0.2, 0.25) is 0 Å². The number of pyridine rings is 1. The summed E-state index contributed by atoms with van der Waals surface area (Å²) in [7, 11) is 0. The van der Waals surface area contributed by atoms with Gasteiger partial charge >= 0.3 is 0 Å². The second-order valence-corrected chi connectivity index (χ2v) is 9.96. The Labute approximate surface area is 238 Å². The number of nitrogens with zero attached hydrogens (tertiary/aromatic N) is 5. The van der Waals surface area contributed by atoms with Gasteiger partial charge in [0.25, 0.3) is 11.5 Å². The number of amides is 1. The van der Waals surface area contributed by atoms with Crippen molar-refractivity contribution in [3.05, 3.63) is 83.3 Å². The lowest BCUT2D eigenvalue weighted by atomic mass is 10.1. The summed E-state index contributed by atoms with van der Waals surface area (Å²) in [5.74, 6) is 7.33. The maximum Gasteiger partial charge on any atom is 0.276 e. The Kier molecular flexibility index (Phi) is 7.13. The van der Waals surface area contributed by atoms with Gasteiger partial charge in [-0.25, -0.2) is 4.98 Å². The second-order valence-electron chi connectivity index (χ2n) is 9.96. The van der Waals surface area contributed by atoms with E-state index in [0.717, 1.165) is 33.8 Å². The van der Waals surface area contributed by atoms with Crippen LogP contribution >= 0.6 is 0 Å². The van der Waals surface area contributed by atoms with Crippen LogP contribution in [0.25, 0.3) is 11.0 Å². The minimum atomic E-state index is -0.164. The van der Waals surface area contributed by atoms with E-state index in [-0.39, 0.29) is 11.5 Å². The molecule has 2 aliphatic heterocycles. The van der Waals surface area contributed by atoms with Gasteiger partial charge in [-0.3, -0.25) is 14.2 Å². The smallest absolute Gasteiger partial charge is 0.276 e. The quantitative estimate of drug-likeness (QED) is 0.277. The Balaban J connectivity index is 1.47. The first-order valence-electron chi connectivity index (χ1n) is 13.7. The molecule has 0 atom stereocenters. The van der Waals surface area contributed by atoms with Gasteiger partial charge in [0, 0.05) is 55.8 Å². The van der Waals surface area contributed by atoms with E-state index in [2.05, 4.69) is 28.7 Å². The molecule has 0 saturated heterocycles. The van der Waals surface area contributed by atoms with E-state index in [1.54, 1.807) is 15.7 Å². The molecule has 2 aromatic heterocycles. The van der Waals surface area contributed by atoms with Gasteiger partial charge in [0.05, 0.1) is 18.0 Å². The highest BCUT2D eigenvalue weighted by molar-refractivity contribution is 6.05. The van der Waals surface area contributed by atoms with Crippen molar-refractivity contribution < 1.29 is 9.53 Å².